The van der Waals surface area contributed by atoms with Gasteiger partial charge in [-0.25, -0.2) is 4.98 Å². The van der Waals surface area contributed by atoms with Crippen LogP contribution >= 0.6 is 11.6 Å². The molecule has 0 saturated heterocycles. The summed E-state index contributed by atoms with van der Waals surface area (Å²) in [6.07, 6.45) is 0. The molecule has 17 heavy (non-hydrogen) atoms. The highest BCUT2D eigenvalue weighted by molar-refractivity contribution is 6.29. The minimum absolute atomic E-state index is 0.435. The number of benzene rings is 1. The number of aryl methyl sites for hydroxylation is 3. The van der Waals surface area contributed by atoms with E-state index in [0.29, 0.717) is 11.0 Å². The molecule has 0 fully saturated rings. The fourth-order valence-corrected chi connectivity index (χ4v) is 2.03. The molecule has 0 aliphatic rings. The SMILES string of the molecule is Cc1cc(C)c(Oc2cccc(Cl)n2)c(C)c1. The van der Waals surface area contributed by atoms with E-state index < -0.39 is 0 Å². The summed E-state index contributed by atoms with van der Waals surface area (Å²) in [4.78, 5) is 4.12. The third-order valence-electron chi connectivity index (χ3n) is 2.50. The molecule has 0 N–H and O–H groups in total. The monoisotopic (exact) mass is 247 g/mol. The topological polar surface area (TPSA) is 22.1 Å². The van der Waals surface area contributed by atoms with Crippen molar-refractivity contribution in [3.8, 4) is 11.6 Å². The summed E-state index contributed by atoms with van der Waals surface area (Å²) in [7, 11) is 0. The molecule has 0 spiro atoms. The maximum Gasteiger partial charge on any atom is 0.220 e. The first-order valence-electron chi connectivity index (χ1n) is 5.44. The van der Waals surface area contributed by atoms with Gasteiger partial charge in [0, 0.05) is 6.07 Å². The number of pyridine rings is 1. The second-order valence-corrected chi connectivity index (χ2v) is 4.52. The van der Waals surface area contributed by atoms with Crippen molar-refractivity contribution in [3.63, 3.8) is 0 Å². The van der Waals surface area contributed by atoms with Crippen LogP contribution in [0, 0.1) is 20.8 Å². The quantitative estimate of drug-likeness (QED) is 0.732. The lowest BCUT2D eigenvalue weighted by Gasteiger charge is -2.12. The lowest BCUT2D eigenvalue weighted by molar-refractivity contribution is 0.456. The van der Waals surface area contributed by atoms with E-state index in [2.05, 4.69) is 24.0 Å². The van der Waals surface area contributed by atoms with E-state index in [1.54, 1.807) is 12.1 Å². The van der Waals surface area contributed by atoms with Gasteiger partial charge in [0.25, 0.3) is 0 Å². The smallest absolute Gasteiger partial charge is 0.220 e. The number of nitrogens with zero attached hydrogens (tertiary/aromatic N) is 1. The summed E-state index contributed by atoms with van der Waals surface area (Å²) in [5.74, 6) is 1.37. The van der Waals surface area contributed by atoms with Gasteiger partial charge in [0.05, 0.1) is 0 Å². The van der Waals surface area contributed by atoms with Gasteiger partial charge in [0.1, 0.15) is 10.9 Å². The molecule has 0 atom stereocenters. The zero-order valence-electron chi connectivity index (χ0n) is 10.1. The Hall–Kier alpha value is -1.54. The molecule has 2 nitrogen and oxygen atoms in total. The maximum absolute atomic E-state index is 5.82. The Morgan fingerprint density at radius 2 is 1.71 bits per heavy atom. The van der Waals surface area contributed by atoms with Crippen molar-refractivity contribution in [2.45, 2.75) is 20.8 Å². The lowest BCUT2D eigenvalue weighted by Crippen LogP contribution is -1.94. The van der Waals surface area contributed by atoms with Gasteiger partial charge in [0.2, 0.25) is 5.88 Å². The standard InChI is InChI=1S/C14H14ClNO/c1-9-7-10(2)14(11(3)8-9)17-13-6-4-5-12(15)16-13/h4-8H,1-3H3. The van der Waals surface area contributed by atoms with Gasteiger partial charge in [-0.15, -0.1) is 0 Å². The minimum atomic E-state index is 0.435. The van der Waals surface area contributed by atoms with Crippen LogP contribution in [0.4, 0.5) is 0 Å². The van der Waals surface area contributed by atoms with Crippen LogP contribution in [0.25, 0.3) is 0 Å². The molecule has 0 amide bonds. The molecule has 0 saturated carbocycles. The Morgan fingerprint density at radius 1 is 1.06 bits per heavy atom. The largest absolute Gasteiger partial charge is 0.438 e. The van der Waals surface area contributed by atoms with E-state index in [4.69, 9.17) is 16.3 Å². The van der Waals surface area contributed by atoms with Crippen LogP contribution in [0.15, 0.2) is 30.3 Å². The average molecular weight is 248 g/mol. The van der Waals surface area contributed by atoms with Crippen molar-refractivity contribution >= 4 is 11.6 Å². The highest BCUT2D eigenvalue weighted by Gasteiger charge is 2.07. The van der Waals surface area contributed by atoms with E-state index in [9.17, 15) is 0 Å². The third-order valence-corrected chi connectivity index (χ3v) is 2.71. The zero-order valence-corrected chi connectivity index (χ0v) is 10.9. The first-order valence-corrected chi connectivity index (χ1v) is 5.82. The van der Waals surface area contributed by atoms with E-state index in [1.807, 2.05) is 19.9 Å². The summed E-state index contributed by atoms with van der Waals surface area (Å²) >= 11 is 5.82. The summed E-state index contributed by atoms with van der Waals surface area (Å²) in [6.45, 7) is 6.13. The molecule has 2 rings (SSSR count). The summed E-state index contributed by atoms with van der Waals surface area (Å²) in [5.41, 5.74) is 3.43. The molecular weight excluding hydrogens is 234 g/mol. The van der Waals surface area contributed by atoms with Crippen molar-refractivity contribution in [1.82, 2.24) is 4.98 Å². The zero-order chi connectivity index (χ0) is 12.4. The van der Waals surface area contributed by atoms with Crippen molar-refractivity contribution < 1.29 is 4.74 Å². The molecule has 1 aromatic heterocycles. The number of aromatic nitrogens is 1. The van der Waals surface area contributed by atoms with Gasteiger partial charge in [0.15, 0.2) is 0 Å². The molecule has 88 valence electrons. The Balaban J connectivity index is 2.36. The molecule has 1 aromatic carbocycles. The van der Waals surface area contributed by atoms with Crippen LogP contribution in [-0.4, -0.2) is 4.98 Å². The van der Waals surface area contributed by atoms with Crippen LogP contribution < -0.4 is 4.74 Å². The highest BCUT2D eigenvalue weighted by Crippen LogP contribution is 2.29. The first kappa shape index (κ1) is 11.9. The van der Waals surface area contributed by atoms with Gasteiger partial charge < -0.3 is 4.74 Å². The Kier molecular flexibility index (Phi) is 3.34. The minimum Gasteiger partial charge on any atom is -0.438 e. The Bertz CT molecular complexity index is 529. The van der Waals surface area contributed by atoms with Crippen molar-refractivity contribution in [3.05, 3.63) is 52.2 Å². The van der Waals surface area contributed by atoms with E-state index in [0.717, 1.165) is 16.9 Å². The number of halogens is 1. The molecule has 0 bridgehead atoms. The highest BCUT2D eigenvalue weighted by atomic mass is 35.5. The van der Waals surface area contributed by atoms with Gasteiger partial charge in [-0.2, -0.15) is 0 Å². The van der Waals surface area contributed by atoms with E-state index in [-0.39, 0.29) is 0 Å². The predicted octanol–water partition coefficient (Wildman–Crippen LogP) is 4.45. The van der Waals surface area contributed by atoms with Crippen LogP contribution in [0.2, 0.25) is 5.15 Å². The van der Waals surface area contributed by atoms with E-state index in [1.165, 1.54) is 5.56 Å². The van der Waals surface area contributed by atoms with Crippen molar-refractivity contribution in [2.24, 2.45) is 0 Å². The molecule has 1 heterocycles. The lowest BCUT2D eigenvalue weighted by atomic mass is 10.1. The normalized spacial score (nSPS) is 10.4. The van der Waals surface area contributed by atoms with Crippen LogP contribution in [0.3, 0.4) is 0 Å². The summed E-state index contributed by atoms with van der Waals surface area (Å²) in [6, 6.07) is 9.52. The molecule has 0 aliphatic carbocycles. The van der Waals surface area contributed by atoms with Crippen LogP contribution in [0.1, 0.15) is 16.7 Å². The number of hydrogen-bond acceptors (Lipinski definition) is 2. The van der Waals surface area contributed by atoms with E-state index >= 15 is 0 Å². The van der Waals surface area contributed by atoms with Crippen LogP contribution in [-0.2, 0) is 0 Å². The fourth-order valence-electron chi connectivity index (χ4n) is 1.88. The number of ether oxygens (including phenoxy) is 1. The third kappa shape index (κ3) is 2.77. The number of rotatable bonds is 2. The van der Waals surface area contributed by atoms with Crippen molar-refractivity contribution in [2.75, 3.05) is 0 Å². The second kappa shape index (κ2) is 4.76. The van der Waals surface area contributed by atoms with Crippen molar-refractivity contribution in [1.29, 1.82) is 0 Å². The van der Waals surface area contributed by atoms with Crippen LogP contribution in [0.5, 0.6) is 11.6 Å². The summed E-state index contributed by atoms with van der Waals surface area (Å²) < 4.78 is 5.78. The van der Waals surface area contributed by atoms with Gasteiger partial charge >= 0.3 is 0 Å². The van der Waals surface area contributed by atoms with Gasteiger partial charge in [-0.05, 0) is 38.0 Å². The molecule has 0 unspecified atom stereocenters. The first-order chi connectivity index (χ1) is 8.06. The van der Waals surface area contributed by atoms with Gasteiger partial charge in [-0.1, -0.05) is 35.4 Å². The second-order valence-electron chi connectivity index (χ2n) is 4.13. The van der Waals surface area contributed by atoms with Gasteiger partial charge in [-0.3, -0.25) is 0 Å². The maximum atomic E-state index is 5.82. The Labute approximate surface area is 106 Å². The fraction of sp³-hybridized carbons (Fsp3) is 0.214. The number of hydrogen-bond donors (Lipinski definition) is 0. The molecule has 2 aromatic rings. The summed E-state index contributed by atoms with van der Waals surface area (Å²) in [5, 5.41) is 0.435. The molecule has 0 aliphatic heterocycles. The molecule has 3 heteroatoms. The molecule has 0 radical (unpaired) electrons. The average Bonchev–Trinajstić information content (AvgIpc) is 2.23. The Morgan fingerprint density at radius 3 is 2.29 bits per heavy atom. The predicted molar refractivity (Wildman–Crippen MR) is 70.0 cm³/mol. The molecular formula is C14H14ClNO.